The van der Waals surface area contributed by atoms with Crippen molar-refractivity contribution in [1.82, 2.24) is 4.98 Å². The fourth-order valence-corrected chi connectivity index (χ4v) is 1.21. The first-order chi connectivity index (χ1) is 9.08. The predicted molar refractivity (Wildman–Crippen MR) is 72.0 cm³/mol. The molecule has 102 valence electrons. The second-order valence-corrected chi connectivity index (χ2v) is 3.24. The largest absolute Gasteiger partial charge is 0.493 e. The Morgan fingerprint density at radius 2 is 1.95 bits per heavy atom. The fourth-order valence-electron chi connectivity index (χ4n) is 1.21. The number of hydrogen-bond donors (Lipinski definition) is 4. The van der Waals surface area contributed by atoms with Gasteiger partial charge in [0, 0.05) is 0 Å². The Kier molecular flexibility index (Phi) is 4.76. The molecule has 2 rings (SSSR count). The SMILES string of the molecule is CC.NC(=O)/C(N)=C(/O)Nc1nc2ccccc2o1. The van der Waals surface area contributed by atoms with Gasteiger partial charge >= 0.3 is 6.01 Å². The standard InChI is InChI=1S/C10H10N4O3.C2H6/c11-7(8(12)15)9(16)14-10-13-5-3-1-2-4-6(5)17-10;1-2/h1-4,16H,11H2,(H2,12,15)(H,13,14);1-2H3/b9-7-;. The third-order valence-electron chi connectivity index (χ3n) is 2.04. The molecule has 0 saturated carbocycles. The Morgan fingerprint density at radius 1 is 1.32 bits per heavy atom. The lowest BCUT2D eigenvalue weighted by Crippen LogP contribution is -2.24. The van der Waals surface area contributed by atoms with Crippen molar-refractivity contribution in [2.45, 2.75) is 13.8 Å². The van der Waals surface area contributed by atoms with E-state index in [1.54, 1.807) is 24.3 Å². The van der Waals surface area contributed by atoms with E-state index < -0.39 is 17.5 Å². The summed E-state index contributed by atoms with van der Waals surface area (Å²) in [6.07, 6.45) is 0. The smallest absolute Gasteiger partial charge is 0.302 e. The lowest BCUT2D eigenvalue weighted by Gasteiger charge is -2.01. The van der Waals surface area contributed by atoms with Crippen molar-refractivity contribution in [3.05, 3.63) is 35.8 Å². The number of nitrogens with zero attached hydrogens (tertiary/aromatic N) is 1. The summed E-state index contributed by atoms with van der Waals surface area (Å²) in [5, 5.41) is 11.8. The van der Waals surface area contributed by atoms with Gasteiger partial charge in [0.05, 0.1) is 0 Å². The number of hydrogen-bond acceptors (Lipinski definition) is 6. The number of primary amides is 1. The maximum absolute atomic E-state index is 10.7. The molecule has 0 aliphatic rings. The van der Waals surface area contributed by atoms with E-state index in [0.29, 0.717) is 11.1 Å². The molecular formula is C12H16N4O3. The molecule has 1 amide bonds. The first kappa shape index (κ1) is 14.4. The zero-order valence-corrected chi connectivity index (χ0v) is 10.7. The van der Waals surface area contributed by atoms with Gasteiger partial charge in [-0.05, 0) is 12.1 Å². The van der Waals surface area contributed by atoms with E-state index in [9.17, 15) is 9.90 Å². The summed E-state index contributed by atoms with van der Waals surface area (Å²) in [6, 6.07) is 7.05. The van der Waals surface area contributed by atoms with Crippen LogP contribution in [0.25, 0.3) is 11.1 Å². The number of anilines is 1. The number of nitrogens with one attached hydrogen (secondary N) is 1. The first-order valence-electron chi connectivity index (χ1n) is 5.69. The number of aromatic nitrogens is 1. The molecule has 1 aromatic carbocycles. The Hall–Kier alpha value is -2.70. The summed E-state index contributed by atoms with van der Waals surface area (Å²) < 4.78 is 5.24. The molecule has 0 aliphatic heterocycles. The van der Waals surface area contributed by atoms with E-state index in [2.05, 4.69) is 10.3 Å². The Morgan fingerprint density at radius 3 is 2.53 bits per heavy atom. The molecule has 1 heterocycles. The monoisotopic (exact) mass is 264 g/mol. The minimum atomic E-state index is -0.939. The van der Waals surface area contributed by atoms with Gasteiger partial charge in [0.2, 0.25) is 5.88 Å². The topological polar surface area (TPSA) is 127 Å². The van der Waals surface area contributed by atoms with Crippen LogP contribution in [0.2, 0.25) is 0 Å². The van der Waals surface area contributed by atoms with Crippen LogP contribution >= 0.6 is 0 Å². The van der Waals surface area contributed by atoms with Crippen LogP contribution < -0.4 is 16.8 Å². The highest BCUT2D eigenvalue weighted by atomic mass is 16.4. The maximum Gasteiger partial charge on any atom is 0.302 e. The van der Waals surface area contributed by atoms with Crippen LogP contribution in [-0.2, 0) is 4.79 Å². The number of para-hydroxylation sites is 2. The average molecular weight is 264 g/mol. The van der Waals surface area contributed by atoms with Gasteiger partial charge < -0.3 is 21.0 Å². The fraction of sp³-hybridized carbons (Fsp3) is 0.167. The normalized spacial score (nSPS) is 11.3. The van der Waals surface area contributed by atoms with Gasteiger partial charge in [-0.3, -0.25) is 10.1 Å². The second kappa shape index (κ2) is 6.29. The van der Waals surface area contributed by atoms with Crippen LogP contribution in [0.15, 0.2) is 40.3 Å². The zero-order chi connectivity index (χ0) is 14.4. The zero-order valence-electron chi connectivity index (χ0n) is 10.7. The highest BCUT2D eigenvalue weighted by Gasteiger charge is 2.11. The van der Waals surface area contributed by atoms with Crippen molar-refractivity contribution in [3.63, 3.8) is 0 Å². The number of oxazole rings is 1. The Bertz CT molecular complexity index is 571. The molecule has 1 aromatic heterocycles. The molecule has 7 nitrogen and oxygen atoms in total. The molecule has 2 aromatic rings. The minimum Gasteiger partial charge on any atom is -0.493 e. The van der Waals surface area contributed by atoms with Crippen LogP contribution in [0.5, 0.6) is 0 Å². The molecule has 7 heteroatoms. The van der Waals surface area contributed by atoms with Gasteiger partial charge in [-0.15, -0.1) is 0 Å². The quantitative estimate of drug-likeness (QED) is 0.490. The molecule has 0 radical (unpaired) electrons. The summed E-state index contributed by atoms with van der Waals surface area (Å²) in [5.41, 5.74) is 10.8. The first-order valence-corrected chi connectivity index (χ1v) is 5.69. The maximum atomic E-state index is 10.7. The minimum absolute atomic E-state index is 0.0212. The number of rotatable bonds is 3. The number of fused-ring (bicyclic) bond motifs is 1. The molecule has 0 saturated heterocycles. The van der Waals surface area contributed by atoms with Crippen molar-refractivity contribution in [2.24, 2.45) is 11.5 Å². The van der Waals surface area contributed by atoms with Gasteiger partial charge in [0.25, 0.3) is 5.91 Å². The lowest BCUT2D eigenvalue weighted by atomic mass is 10.3. The molecule has 19 heavy (non-hydrogen) atoms. The molecule has 0 atom stereocenters. The predicted octanol–water partition coefficient (Wildman–Crippen LogP) is 1.44. The van der Waals surface area contributed by atoms with Gasteiger partial charge in [0.15, 0.2) is 11.3 Å². The average Bonchev–Trinajstić information content (AvgIpc) is 2.82. The third kappa shape index (κ3) is 3.38. The summed E-state index contributed by atoms with van der Waals surface area (Å²) in [5.74, 6) is -1.53. The molecular weight excluding hydrogens is 248 g/mol. The molecule has 6 N–H and O–H groups in total. The number of carbonyl (C=O) groups is 1. The van der Waals surface area contributed by atoms with Gasteiger partial charge in [0.1, 0.15) is 5.52 Å². The summed E-state index contributed by atoms with van der Waals surface area (Å²) in [6.45, 7) is 4.00. The van der Waals surface area contributed by atoms with Crippen molar-refractivity contribution >= 4 is 23.0 Å². The van der Waals surface area contributed by atoms with Crippen molar-refractivity contribution in [3.8, 4) is 0 Å². The number of aliphatic hydroxyl groups excluding tert-OH is 1. The molecule has 0 bridgehead atoms. The van der Waals surface area contributed by atoms with Crippen molar-refractivity contribution in [2.75, 3.05) is 5.32 Å². The van der Waals surface area contributed by atoms with Crippen LogP contribution in [0.4, 0.5) is 6.01 Å². The van der Waals surface area contributed by atoms with Crippen molar-refractivity contribution in [1.29, 1.82) is 0 Å². The van der Waals surface area contributed by atoms with Crippen molar-refractivity contribution < 1.29 is 14.3 Å². The van der Waals surface area contributed by atoms with E-state index in [1.807, 2.05) is 13.8 Å². The highest BCUT2D eigenvalue weighted by Crippen LogP contribution is 2.18. The van der Waals surface area contributed by atoms with E-state index in [4.69, 9.17) is 15.9 Å². The Balaban J connectivity index is 0.000000861. The molecule has 0 aliphatic carbocycles. The number of nitrogens with two attached hydrogens (primary N) is 2. The summed E-state index contributed by atoms with van der Waals surface area (Å²) in [7, 11) is 0. The second-order valence-electron chi connectivity index (χ2n) is 3.24. The molecule has 0 spiro atoms. The van der Waals surface area contributed by atoms with E-state index in [-0.39, 0.29) is 6.01 Å². The van der Waals surface area contributed by atoms with Gasteiger partial charge in [-0.1, -0.05) is 26.0 Å². The Labute approximate surface area is 109 Å². The van der Waals surface area contributed by atoms with Gasteiger partial charge in [-0.2, -0.15) is 4.98 Å². The number of aliphatic hydroxyl groups is 1. The van der Waals surface area contributed by atoms with Gasteiger partial charge in [-0.25, -0.2) is 0 Å². The van der Waals surface area contributed by atoms with E-state index in [0.717, 1.165) is 0 Å². The third-order valence-corrected chi connectivity index (χ3v) is 2.04. The molecule has 0 fully saturated rings. The summed E-state index contributed by atoms with van der Waals surface area (Å²) in [4.78, 5) is 14.7. The number of benzene rings is 1. The van der Waals surface area contributed by atoms with Crippen LogP contribution in [0, 0.1) is 0 Å². The summed E-state index contributed by atoms with van der Waals surface area (Å²) >= 11 is 0. The number of carbonyl (C=O) groups excluding carboxylic acids is 1. The highest BCUT2D eigenvalue weighted by molar-refractivity contribution is 5.91. The van der Waals surface area contributed by atoms with Crippen LogP contribution in [0.1, 0.15) is 13.8 Å². The number of amides is 1. The van der Waals surface area contributed by atoms with E-state index in [1.165, 1.54) is 0 Å². The van der Waals surface area contributed by atoms with Crippen LogP contribution in [-0.4, -0.2) is 16.0 Å². The molecule has 0 unspecified atom stereocenters. The lowest BCUT2D eigenvalue weighted by molar-refractivity contribution is -0.114. The van der Waals surface area contributed by atoms with E-state index >= 15 is 0 Å². The van der Waals surface area contributed by atoms with Crippen LogP contribution in [0.3, 0.4) is 0 Å².